The van der Waals surface area contributed by atoms with E-state index in [4.69, 9.17) is 43.1 Å². The van der Waals surface area contributed by atoms with Crippen LogP contribution in [0.15, 0.2) is 25.3 Å². The van der Waals surface area contributed by atoms with Crippen molar-refractivity contribution in [1.82, 2.24) is 0 Å². The number of hydrogen-bond donors (Lipinski definition) is 0. The fourth-order valence-electron chi connectivity index (χ4n) is 0. The monoisotopic (exact) mass is 502 g/mol. The van der Waals surface area contributed by atoms with Gasteiger partial charge in [0.2, 0.25) is 0 Å². The molecule has 114 valence electrons. The summed E-state index contributed by atoms with van der Waals surface area (Å²) in [7, 11) is -10.9. The second-order valence-electron chi connectivity index (χ2n) is 1.74. The number of hydrogen-bond acceptors (Lipinski definition) is 9. The van der Waals surface area contributed by atoms with Gasteiger partial charge in [-0.05, 0) is 0 Å². The van der Waals surface area contributed by atoms with Crippen molar-refractivity contribution in [3.05, 3.63) is 25.3 Å². The van der Waals surface area contributed by atoms with E-state index in [1.54, 1.807) is 49.4 Å². The van der Waals surface area contributed by atoms with Gasteiger partial charge in [0.05, 0.1) is 0 Å². The Morgan fingerprint density at radius 3 is 0.750 bits per heavy atom. The van der Waals surface area contributed by atoms with Gasteiger partial charge in [0.25, 0.3) is 0 Å². The van der Waals surface area contributed by atoms with E-state index in [2.05, 4.69) is 13.2 Å². The van der Waals surface area contributed by atoms with E-state index >= 15 is 0 Å². The van der Waals surface area contributed by atoms with Gasteiger partial charge in [0.15, 0.2) is 0 Å². The van der Waals surface area contributed by atoms with Crippen molar-refractivity contribution in [2.45, 2.75) is 8.26 Å². The van der Waals surface area contributed by atoms with Crippen molar-refractivity contribution in [2.75, 3.05) is 0 Å². The molecule has 0 aromatic carbocycles. The smallest absolute Gasteiger partial charge is 0.0813 e. The number of rotatable bonds is 2. The molecule has 0 saturated heterocycles. The molecule has 0 aromatic heterocycles. The van der Waals surface area contributed by atoms with Gasteiger partial charge in [-0.3, -0.25) is 0 Å². The SMILES string of the molecule is C=C[CH2][Zr+3].C=C[CH2][Zr+3].O=[PH]([O-])[O-].O=[PH]([O-])[O-].O=[PH]([O-])[O-]. The van der Waals surface area contributed by atoms with Crippen LogP contribution in [-0.2, 0) is 63.1 Å². The van der Waals surface area contributed by atoms with Crippen molar-refractivity contribution < 1.29 is 92.5 Å². The first-order chi connectivity index (χ1) is 9.02. The summed E-state index contributed by atoms with van der Waals surface area (Å²) in [5.41, 5.74) is 0. The Morgan fingerprint density at radius 2 is 0.750 bits per heavy atom. The predicted molar refractivity (Wildman–Crippen MR) is 57.0 cm³/mol. The molecule has 0 radical (unpaired) electrons. The Kier molecular flexibility index (Phi) is 62.0. The van der Waals surface area contributed by atoms with Crippen LogP contribution in [-0.4, -0.2) is 0 Å². The zero-order valence-electron chi connectivity index (χ0n) is 10.2. The molecule has 0 bridgehead atoms. The first-order valence-corrected chi connectivity index (χ1v) is 11.3. The normalized spacial score (nSPS) is 7.85. The van der Waals surface area contributed by atoms with E-state index in [1.165, 1.54) is 8.26 Å². The third kappa shape index (κ3) is 504. The maximum absolute atomic E-state index is 8.52. The van der Waals surface area contributed by atoms with E-state index in [0.717, 1.165) is 0 Å². The minimum absolute atomic E-state index is 1.17. The molecule has 0 aliphatic heterocycles. The van der Waals surface area contributed by atoms with Crippen LogP contribution < -0.4 is 29.4 Å². The minimum Gasteiger partial charge on any atom is -0.813 e. The van der Waals surface area contributed by atoms with Gasteiger partial charge in [0, 0.05) is 0 Å². The summed E-state index contributed by atoms with van der Waals surface area (Å²) in [6.45, 7) is 7.00. The molecule has 14 heteroatoms. The first kappa shape index (κ1) is 33.3. The molecule has 0 aliphatic carbocycles. The molecule has 0 saturated carbocycles. The topological polar surface area (TPSA) is 190 Å². The van der Waals surface area contributed by atoms with Crippen LogP contribution in [0.4, 0.5) is 0 Å². The van der Waals surface area contributed by atoms with Crippen LogP contribution in [0.2, 0.25) is 8.26 Å². The van der Waals surface area contributed by atoms with E-state index in [0.29, 0.717) is 0 Å². The second-order valence-corrected chi connectivity index (χ2v) is 5.24. The van der Waals surface area contributed by atoms with Crippen molar-refractivity contribution in [3.8, 4) is 0 Å². The van der Waals surface area contributed by atoms with Gasteiger partial charge in [0.1, 0.15) is 0 Å². The van der Waals surface area contributed by atoms with E-state index in [-0.39, 0.29) is 0 Å². The molecular weight excluding hydrogens is 491 g/mol. The molecule has 20 heavy (non-hydrogen) atoms. The van der Waals surface area contributed by atoms with Gasteiger partial charge in [-0.2, -0.15) is 0 Å². The Labute approximate surface area is 150 Å². The Morgan fingerprint density at radius 1 is 0.700 bits per heavy atom. The van der Waals surface area contributed by atoms with Crippen LogP contribution in [0.1, 0.15) is 0 Å². The fourth-order valence-corrected chi connectivity index (χ4v) is 0. The minimum atomic E-state index is -3.63. The van der Waals surface area contributed by atoms with Crippen LogP contribution in [0.25, 0.3) is 0 Å². The van der Waals surface area contributed by atoms with Gasteiger partial charge in [-0.25, -0.2) is 0 Å². The first-order valence-electron chi connectivity index (χ1n) is 4.18. The summed E-state index contributed by atoms with van der Waals surface area (Å²) in [5.74, 6) is 0. The molecule has 0 amide bonds. The average molecular weight is 505 g/mol. The summed E-state index contributed by atoms with van der Waals surface area (Å²) >= 11 is 3.10. The fraction of sp³-hybridized carbons (Fsp3) is 0.333. The van der Waals surface area contributed by atoms with Crippen molar-refractivity contribution in [1.29, 1.82) is 0 Å². The van der Waals surface area contributed by atoms with E-state index in [9.17, 15) is 0 Å². The Balaban J connectivity index is -0.0000000469. The molecule has 0 unspecified atom stereocenters. The molecule has 0 fully saturated rings. The van der Waals surface area contributed by atoms with Crippen LogP contribution in [0.3, 0.4) is 0 Å². The van der Waals surface area contributed by atoms with Crippen molar-refractivity contribution in [2.24, 2.45) is 0 Å². The van der Waals surface area contributed by atoms with Crippen LogP contribution >= 0.6 is 24.8 Å². The summed E-state index contributed by atoms with van der Waals surface area (Å²) in [4.78, 5) is 51.1. The van der Waals surface area contributed by atoms with Gasteiger partial charge >= 0.3 is 83.0 Å². The van der Waals surface area contributed by atoms with Crippen LogP contribution in [0, 0.1) is 0 Å². The van der Waals surface area contributed by atoms with Crippen LogP contribution in [0.5, 0.6) is 0 Å². The predicted octanol–water partition coefficient (Wildman–Crippen LogP) is -3.43. The molecule has 0 heterocycles. The quantitative estimate of drug-likeness (QED) is 0.272. The standard InChI is InChI=1S/2C3H5.3H3O3P.2Zr/c2*1-3-2;3*1-4(2)3;;/h2*3H,1-2H2;3*4H,(H2,1,2,3);;/q;;;;;2*+3/p-6. The van der Waals surface area contributed by atoms with Crippen molar-refractivity contribution in [3.63, 3.8) is 0 Å². The van der Waals surface area contributed by atoms with E-state index in [1.807, 2.05) is 12.2 Å². The van der Waals surface area contributed by atoms with Crippen molar-refractivity contribution >= 4 is 24.8 Å². The van der Waals surface area contributed by atoms with Gasteiger partial charge in [-0.15, -0.1) is 0 Å². The summed E-state index contributed by atoms with van der Waals surface area (Å²) in [6.07, 6.45) is 3.83. The Bertz CT molecular complexity index is 216. The Hall–Kier alpha value is 1.70. The maximum Gasteiger partial charge on any atom is -0.0813 e. The van der Waals surface area contributed by atoms with Gasteiger partial charge < -0.3 is 43.1 Å². The third-order valence-corrected chi connectivity index (χ3v) is 1.71. The number of allylic oxidation sites excluding steroid dienone is 2. The molecule has 0 rings (SSSR count). The summed E-state index contributed by atoms with van der Waals surface area (Å²) in [5, 5.41) is 0. The largest absolute Gasteiger partial charge is 0.813 e. The second kappa shape index (κ2) is 37.2. The zero-order valence-corrected chi connectivity index (χ0v) is 18.1. The molecule has 0 N–H and O–H groups in total. The average Bonchev–Trinajstić information content (AvgIpc) is 2.26. The molecule has 9 nitrogen and oxygen atoms in total. The zero-order chi connectivity index (χ0) is 17.6. The third-order valence-electron chi connectivity index (χ3n) is 0.289. The van der Waals surface area contributed by atoms with E-state index < -0.39 is 24.8 Å². The molecule has 0 aliphatic rings. The molecule has 0 aromatic rings. The molecular formula is C6H13O9P3Zr2. The maximum atomic E-state index is 8.52. The molecule has 0 spiro atoms. The molecule has 0 atom stereocenters. The van der Waals surface area contributed by atoms with Gasteiger partial charge in [-0.1, -0.05) is 24.8 Å². The summed E-state index contributed by atoms with van der Waals surface area (Å²) < 4.78 is 27.9. The summed E-state index contributed by atoms with van der Waals surface area (Å²) in [6, 6.07) is 0.